The van der Waals surface area contributed by atoms with Gasteiger partial charge < -0.3 is 5.73 Å². The molecule has 4 heteroatoms. The van der Waals surface area contributed by atoms with E-state index in [2.05, 4.69) is 17.1 Å². The third-order valence-corrected chi connectivity index (χ3v) is 3.66. The van der Waals surface area contributed by atoms with E-state index in [0.29, 0.717) is 11.0 Å². The molecule has 2 atom stereocenters. The summed E-state index contributed by atoms with van der Waals surface area (Å²) < 4.78 is 0. The third-order valence-electron chi connectivity index (χ3n) is 2.74. The van der Waals surface area contributed by atoms with Crippen molar-refractivity contribution in [1.82, 2.24) is 10.2 Å². The second-order valence-corrected chi connectivity index (χ2v) is 4.99. The molecule has 0 saturated heterocycles. The van der Waals surface area contributed by atoms with Gasteiger partial charge in [0.05, 0.1) is 0 Å². The highest BCUT2D eigenvalue weighted by Crippen LogP contribution is 2.37. The van der Waals surface area contributed by atoms with Crippen LogP contribution in [0.5, 0.6) is 0 Å². The molecule has 0 aromatic carbocycles. The lowest BCUT2D eigenvalue weighted by Crippen LogP contribution is -2.11. The lowest BCUT2D eigenvalue weighted by atomic mass is 9.83. The van der Waals surface area contributed by atoms with E-state index < -0.39 is 0 Å². The maximum Gasteiger partial charge on any atom is 0.203 e. The van der Waals surface area contributed by atoms with Crippen LogP contribution in [0.2, 0.25) is 0 Å². The van der Waals surface area contributed by atoms with E-state index >= 15 is 0 Å². The molecule has 0 spiro atoms. The first-order chi connectivity index (χ1) is 6.25. The van der Waals surface area contributed by atoms with E-state index in [9.17, 15) is 0 Å². The van der Waals surface area contributed by atoms with Crippen molar-refractivity contribution in [2.24, 2.45) is 5.92 Å². The Bertz CT molecular complexity index is 284. The molecule has 2 unspecified atom stereocenters. The molecule has 1 aliphatic rings. The Morgan fingerprint density at radius 1 is 1.38 bits per heavy atom. The van der Waals surface area contributed by atoms with Gasteiger partial charge in [-0.2, -0.15) is 0 Å². The van der Waals surface area contributed by atoms with E-state index in [1.165, 1.54) is 25.7 Å². The normalized spacial score (nSPS) is 29.0. The molecule has 3 nitrogen and oxygen atoms in total. The van der Waals surface area contributed by atoms with Gasteiger partial charge in [-0.3, -0.25) is 0 Å². The lowest BCUT2D eigenvalue weighted by molar-refractivity contribution is 0.342. The second-order valence-electron chi connectivity index (χ2n) is 3.95. The van der Waals surface area contributed by atoms with Crippen molar-refractivity contribution in [3.8, 4) is 0 Å². The molecule has 72 valence electrons. The molecule has 0 aliphatic heterocycles. The summed E-state index contributed by atoms with van der Waals surface area (Å²) in [6.07, 6.45) is 5.21. The maximum atomic E-state index is 5.56. The number of hydrogen-bond donors (Lipinski definition) is 1. The molecule has 1 aromatic rings. The van der Waals surface area contributed by atoms with Gasteiger partial charge in [-0.15, -0.1) is 10.2 Å². The molecule has 0 radical (unpaired) electrons. The predicted molar refractivity (Wildman–Crippen MR) is 54.7 cm³/mol. The highest BCUT2D eigenvalue weighted by Gasteiger charge is 2.23. The Morgan fingerprint density at radius 2 is 2.23 bits per heavy atom. The average Bonchev–Trinajstić information content (AvgIpc) is 2.52. The standard InChI is InChI=1S/C9H15N3S/c1-6-3-2-4-7(5-6)8-11-12-9(10)13-8/h6-7H,2-5H2,1H3,(H2,10,12). The van der Waals surface area contributed by atoms with Gasteiger partial charge in [-0.25, -0.2) is 0 Å². The minimum Gasteiger partial charge on any atom is -0.374 e. The quantitative estimate of drug-likeness (QED) is 0.752. The van der Waals surface area contributed by atoms with Crippen molar-refractivity contribution < 1.29 is 0 Å². The molecule has 0 amide bonds. The molecule has 1 heterocycles. The topological polar surface area (TPSA) is 51.8 Å². The van der Waals surface area contributed by atoms with Crippen LogP contribution in [-0.2, 0) is 0 Å². The van der Waals surface area contributed by atoms with Gasteiger partial charge in [-0.1, -0.05) is 31.1 Å². The fourth-order valence-electron chi connectivity index (χ4n) is 2.07. The molecule has 1 saturated carbocycles. The first kappa shape index (κ1) is 8.94. The Kier molecular flexibility index (Phi) is 2.49. The van der Waals surface area contributed by atoms with Crippen molar-refractivity contribution in [3.63, 3.8) is 0 Å². The number of nitrogens with zero attached hydrogens (tertiary/aromatic N) is 2. The fraction of sp³-hybridized carbons (Fsp3) is 0.778. The summed E-state index contributed by atoms with van der Waals surface area (Å²) in [6, 6.07) is 0. The van der Waals surface area contributed by atoms with Crippen LogP contribution in [0.3, 0.4) is 0 Å². The van der Waals surface area contributed by atoms with E-state index in [4.69, 9.17) is 5.73 Å². The number of aromatic nitrogens is 2. The van der Waals surface area contributed by atoms with Crippen LogP contribution in [-0.4, -0.2) is 10.2 Å². The van der Waals surface area contributed by atoms with E-state index in [1.54, 1.807) is 11.3 Å². The number of nitrogens with two attached hydrogens (primary N) is 1. The SMILES string of the molecule is CC1CCCC(c2nnc(N)s2)C1. The summed E-state index contributed by atoms with van der Waals surface area (Å²) in [5, 5.41) is 9.73. The summed E-state index contributed by atoms with van der Waals surface area (Å²) in [5.74, 6) is 1.46. The Hall–Kier alpha value is -0.640. The van der Waals surface area contributed by atoms with Crippen LogP contribution >= 0.6 is 11.3 Å². The number of rotatable bonds is 1. The van der Waals surface area contributed by atoms with Crippen molar-refractivity contribution in [2.75, 3.05) is 5.73 Å². The van der Waals surface area contributed by atoms with Crippen molar-refractivity contribution in [2.45, 2.75) is 38.5 Å². The Labute approximate surface area is 82.4 Å². The zero-order valence-corrected chi connectivity index (χ0v) is 8.68. The Morgan fingerprint density at radius 3 is 2.85 bits per heavy atom. The van der Waals surface area contributed by atoms with Crippen molar-refractivity contribution in [3.05, 3.63) is 5.01 Å². The largest absolute Gasteiger partial charge is 0.374 e. The van der Waals surface area contributed by atoms with Gasteiger partial charge in [0.15, 0.2) is 0 Å². The summed E-state index contributed by atoms with van der Waals surface area (Å²) >= 11 is 1.55. The van der Waals surface area contributed by atoms with E-state index in [1.807, 2.05) is 0 Å². The van der Waals surface area contributed by atoms with Crippen LogP contribution in [0.1, 0.15) is 43.5 Å². The number of nitrogen functional groups attached to an aromatic ring is 1. The zero-order chi connectivity index (χ0) is 9.26. The Balaban J connectivity index is 2.08. The smallest absolute Gasteiger partial charge is 0.203 e. The summed E-state index contributed by atoms with van der Waals surface area (Å²) in [4.78, 5) is 0. The monoisotopic (exact) mass is 197 g/mol. The summed E-state index contributed by atoms with van der Waals surface area (Å²) in [7, 11) is 0. The lowest BCUT2D eigenvalue weighted by Gasteiger charge is -2.24. The van der Waals surface area contributed by atoms with Crippen LogP contribution < -0.4 is 5.73 Å². The number of anilines is 1. The van der Waals surface area contributed by atoms with Gasteiger partial charge in [0.25, 0.3) is 0 Å². The van der Waals surface area contributed by atoms with Gasteiger partial charge in [-0.05, 0) is 18.8 Å². The molecule has 2 N–H and O–H groups in total. The van der Waals surface area contributed by atoms with Crippen molar-refractivity contribution in [1.29, 1.82) is 0 Å². The molecule has 1 aliphatic carbocycles. The van der Waals surface area contributed by atoms with Gasteiger partial charge in [0, 0.05) is 5.92 Å². The first-order valence-electron chi connectivity index (χ1n) is 4.84. The molecule has 1 aromatic heterocycles. The zero-order valence-electron chi connectivity index (χ0n) is 7.86. The average molecular weight is 197 g/mol. The highest BCUT2D eigenvalue weighted by molar-refractivity contribution is 7.15. The molecule has 0 bridgehead atoms. The van der Waals surface area contributed by atoms with Gasteiger partial charge in [0.2, 0.25) is 5.13 Å². The van der Waals surface area contributed by atoms with E-state index in [0.717, 1.165) is 10.9 Å². The van der Waals surface area contributed by atoms with Gasteiger partial charge >= 0.3 is 0 Å². The van der Waals surface area contributed by atoms with Crippen LogP contribution in [0.15, 0.2) is 0 Å². The van der Waals surface area contributed by atoms with Crippen LogP contribution in [0.4, 0.5) is 5.13 Å². The minimum atomic E-state index is 0.605. The van der Waals surface area contributed by atoms with Crippen LogP contribution in [0.25, 0.3) is 0 Å². The summed E-state index contributed by atoms with van der Waals surface area (Å²) in [5.41, 5.74) is 5.56. The first-order valence-corrected chi connectivity index (χ1v) is 5.66. The van der Waals surface area contributed by atoms with Gasteiger partial charge in [0.1, 0.15) is 5.01 Å². The predicted octanol–water partition coefficient (Wildman–Crippen LogP) is 2.41. The second kappa shape index (κ2) is 3.62. The summed E-state index contributed by atoms with van der Waals surface area (Å²) in [6.45, 7) is 2.32. The molecular weight excluding hydrogens is 182 g/mol. The number of hydrogen-bond acceptors (Lipinski definition) is 4. The van der Waals surface area contributed by atoms with E-state index in [-0.39, 0.29) is 0 Å². The maximum absolute atomic E-state index is 5.56. The molecule has 13 heavy (non-hydrogen) atoms. The molecule has 1 fully saturated rings. The van der Waals surface area contributed by atoms with Crippen molar-refractivity contribution >= 4 is 16.5 Å². The molecule has 2 rings (SSSR count). The fourth-order valence-corrected chi connectivity index (χ4v) is 2.83. The van der Waals surface area contributed by atoms with Crippen LogP contribution in [0, 0.1) is 5.92 Å². The highest BCUT2D eigenvalue weighted by atomic mass is 32.1. The third kappa shape index (κ3) is 1.99. The minimum absolute atomic E-state index is 0.605. The molecular formula is C9H15N3S.